The summed E-state index contributed by atoms with van der Waals surface area (Å²) in [6, 6.07) is 6.59. The number of alkyl halides is 1. The third kappa shape index (κ3) is 6.85. The number of carboxylic acids is 1. The van der Waals surface area contributed by atoms with Gasteiger partial charge in [-0.25, -0.2) is 9.18 Å². The number of ether oxygens (including phenoxy) is 2. The topological polar surface area (TPSA) is 102 Å². The van der Waals surface area contributed by atoms with Crippen LogP contribution in [0.1, 0.15) is 37.3 Å². The number of aliphatic carboxylic acids is 1. The van der Waals surface area contributed by atoms with Gasteiger partial charge in [0.05, 0.1) is 25.9 Å². The van der Waals surface area contributed by atoms with Gasteiger partial charge in [0.25, 0.3) is 0 Å². The van der Waals surface area contributed by atoms with Crippen LogP contribution in [0.2, 0.25) is 0 Å². The van der Waals surface area contributed by atoms with E-state index in [1.165, 1.54) is 4.90 Å². The number of halogens is 1. The second kappa shape index (κ2) is 11.1. The van der Waals surface area contributed by atoms with E-state index in [1.54, 1.807) is 0 Å². The van der Waals surface area contributed by atoms with Crippen molar-refractivity contribution in [1.29, 1.82) is 0 Å². The zero-order valence-corrected chi connectivity index (χ0v) is 16.2. The molecule has 3 atom stereocenters. The Balaban J connectivity index is 1.85. The molecule has 28 heavy (non-hydrogen) atoms. The summed E-state index contributed by atoms with van der Waals surface area (Å²) in [4.78, 5) is 25.2. The summed E-state index contributed by atoms with van der Waals surface area (Å²) in [6.07, 6.45) is 0.705. The highest BCUT2D eigenvalue weighted by Crippen LogP contribution is 2.23. The molecule has 0 radical (unpaired) electrons. The van der Waals surface area contributed by atoms with Crippen LogP contribution in [-0.2, 0) is 32.3 Å². The standard InChI is InChI=1S/C20H29FN2O5/c1-14(22)2-7-19(24)23-11-17(10-18(23)20(25)26)28-13-16-5-3-15(4-6-16)12-27-9-8-21/h3-6,14,17-18H,2,7-13,22H2,1H3,(H,25,26)/t14-,17-,18+/m1/s1. The first-order valence-electron chi connectivity index (χ1n) is 9.51. The van der Waals surface area contributed by atoms with Gasteiger partial charge in [-0.2, -0.15) is 0 Å². The lowest BCUT2D eigenvalue weighted by molar-refractivity contribution is -0.148. The Hall–Kier alpha value is -2.03. The van der Waals surface area contributed by atoms with Crippen molar-refractivity contribution in [2.24, 2.45) is 5.73 Å². The van der Waals surface area contributed by atoms with E-state index in [4.69, 9.17) is 15.2 Å². The highest BCUT2D eigenvalue weighted by molar-refractivity contribution is 5.84. The first-order chi connectivity index (χ1) is 13.4. The van der Waals surface area contributed by atoms with E-state index in [2.05, 4.69) is 0 Å². The largest absolute Gasteiger partial charge is 0.480 e. The molecule has 3 N–H and O–H groups in total. The monoisotopic (exact) mass is 396 g/mol. The molecule has 156 valence electrons. The summed E-state index contributed by atoms with van der Waals surface area (Å²) in [7, 11) is 0. The number of benzene rings is 1. The van der Waals surface area contributed by atoms with Crippen LogP contribution in [0, 0.1) is 0 Å². The zero-order chi connectivity index (χ0) is 20.5. The number of rotatable bonds is 11. The molecule has 1 aromatic rings. The van der Waals surface area contributed by atoms with Crippen LogP contribution in [0.15, 0.2) is 24.3 Å². The van der Waals surface area contributed by atoms with Crippen LogP contribution in [0.25, 0.3) is 0 Å². The molecule has 1 amide bonds. The molecular formula is C20H29FN2O5. The number of hydrogen-bond acceptors (Lipinski definition) is 5. The number of carbonyl (C=O) groups excluding carboxylic acids is 1. The van der Waals surface area contributed by atoms with E-state index in [-0.39, 0.29) is 44.0 Å². The Morgan fingerprint density at radius 1 is 1.29 bits per heavy atom. The maximum Gasteiger partial charge on any atom is 0.326 e. The minimum absolute atomic E-state index is 0.0801. The summed E-state index contributed by atoms with van der Waals surface area (Å²) in [6.45, 7) is 2.34. The average Bonchev–Trinajstić information content (AvgIpc) is 3.10. The van der Waals surface area contributed by atoms with Gasteiger partial charge in [-0.1, -0.05) is 24.3 Å². The molecular weight excluding hydrogens is 367 g/mol. The van der Waals surface area contributed by atoms with Crippen LogP contribution < -0.4 is 5.73 Å². The Kier molecular flexibility index (Phi) is 8.82. The van der Waals surface area contributed by atoms with Crippen molar-refractivity contribution in [2.45, 2.75) is 57.6 Å². The lowest BCUT2D eigenvalue weighted by Crippen LogP contribution is -2.41. The lowest BCUT2D eigenvalue weighted by Gasteiger charge is -2.21. The molecule has 2 rings (SSSR count). The Morgan fingerprint density at radius 3 is 2.50 bits per heavy atom. The number of nitrogens with zero attached hydrogens (tertiary/aromatic N) is 1. The smallest absolute Gasteiger partial charge is 0.326 e. The van der Waals surface area contributed by atoms with Crippen LogP contribution >= 0.6 is 0 Å². The fourth-order valence-electron chi connectivity index (χ4n) is 3.11. The predicted octanol–water partition coefficient (Wildman–Crippen LogP) is 1.87. The fraction of sp³-hybridized carbons (Fsp3) is 0.600. The normalized spacial score (nSPS) is 20.3. The first-order valence-corrected chi connectivity index (χ1v) is 9.51. The maximum atomic E-state index is 12.3. The molecule has 1 heterocycles. The second-order valence-electron chi connectivity index (χ2n) is 7.14. The molecule has 0 spiro atoms. The van der Waals surface area contributed by atoms with Crippen LogP contribution in [-0.4, -0.2) is 59.9 Å². The quantitative estimate of drug-likeness (QED) is 0.554. The molecule has 0 saturated carbocycles. The second-order valence-corrected chi connectivity index (χ2v) is 7.14. The van der Waals surface area contributed by atoms with E-state index in [0.717, 1.165) is 11.1 Å². The van der Waals surface area contributed by atoms with Crippen LogP contribution in [0.5, 0.6) is 0 Å². The van der Waals surface area contributed by atoms with Gasteiger partial charge in [0.2, 0.25) is 5.91 Å². The molecule has 1 aliphatic rings. The fourth-order valence-corrected chi connectivity index (χ4v) is 3.11. The molecule has 8 heteroatoms. The number of carbonyl (C=O) groups is 2. The minimum atomic E-state index is -1.02. The molecule has 0 aromatic heterocycles. The van der Waals surface area contributed by atoms with Gasteiger partial charge in [0.1, 0.15) is 12.7 Å². The van der Waals surface area contributed by atoms with Gasteiger partial charge in [-0.3, -0.25) is 4.79 Å². The number of amides is 1. The van der Waals surface area contributed by atoms with Crippen molar-refractivity contribution in [3.05, 3.63) is 35.4 Å². The Labute approximate surface area is 164 Å². The zero-order valence-electron chi connectivity index (χ0n) is 16.2. The van der Waals surface area contributed by atoms with Crippen molar-refractivity contribution in [1.82, 2.24) is 4.90 Å². The first kappa shape index (κ1) is 22.3. The van der Waals surface area contributed by atoms with E-state index in [0.29, 0.717) is 19.6 Å². The third-order valence-corrected chi connectivity index (χ3v) is 4.68. The van der Waals surface area contributed by atoms with Gasteiger partial charge in [-0.15, -0.1) is 0 Å². The summed E-state index contributed by atoms with van der Waals surface area (Å²) >= 11 is 0. The van der Waals surface area contributed by atoms with E-state index >= 15 is 0 Å². The number of hydrogen-bond donors (Lipinski definition) is 2. The molecule has 0 unspecified atom stereocenters. The molecule has 0 aliphatic carbocycles. The van der Waals surface area contributed by atoms with E-state index in [9.17, 15) is 19.1 Å². The van der Waals surface area contributed by atoms with Crippen molar-refractivity contribution in [3.63, 3.8) is 0 Å². The lowest BCUT2D eigenvalue weighted by atomic mass is 10.1. The maximum absolute atomic E-state index is 12.3. The number of likely N-dealkylation sites (tertiary alicyclic amines) is 1. The number of carboxylic acid groups (broad SMARTS) is 1. The van der Waals surface area contributed by atoms with Gasteiger partial charge in [-0.05, 0) is 24.5 Å². The van der Waals surface area contributed by atoms with Crippen molar-refractivity contribution in [3.8, 4) is 0 Å². The summed E-state index contributed by atoms with van der Waals surface area (Å²) in [5.41, 5.74) is 7.55. The highest BCUT2D eigenvalue weighted by atomic mass is 19.1. The predicted molar refractivity (Wildman–Crippen MR) is 101 cm³/mol. The minimum Gasteiger partial charge on any atom is -0.480 e. The third-order valence-electron chi connectivity index (χ3n) is 4.68. The Bertz CT molecular complexity index is 638. The molecule has 1 aliphatic heterocycles. The highest BCUT2D eigenvalue weighted by Gasteiger charge is 2.39. The molecule has 0 bridgehead atoms. The van der Waals surface area contributed by atoms with Crippen molar-refractivity contribution < 1.29 is 28.6 Å². The molecule has 1 fully saturated rings. The average molecular weight is 396 g/mol. The van der Waals surface area contributed by atoms with Gasteiger partial charge in [0, 0.05) is 25.4 Å². The van der Waals surface area contributed by atoms with E-state index < -0.39 is 18.7 Å². The van der Waals surface area contributed by atoms with Crippen LogP contribution in [0.3, 0.4) is 0 Å². The summed E-state index contributed by atoms with van der Waals surface area (Å²) < 4.78 is 23.0. The Morgan fingerprint density at radius 2 is 1.93 bits per heavy atom. The SMILES string of the molecule is C[C@@H](N)CCC(=O)N1C[C@H](OCc2ccc(COCCF)cc2)C[C@H]1C(=O)O. The van der Waals surface area contributed by atoms with Crippen molar-refractivity contribution in [2.75, 3.05) is 19.8 Å². The molecule has 7 nitrogen and oxygen atoms in total. The van der Waals surface area contributed by atoms with Gasteiger partial charge < -0.3 is 25.2 Å². The number of nitrogens with two attached hydrogens (primary N) is 1. The molecule has 1 saturated heterocycles. The van der Waals surface area contributed by atoms with Crippen molar-refractivity contribution >= 4 is 11.9 Å². The summed E-state index contributed by atoms with van der Waals surface area (Å²) in [5.74, 6) is -1.22. The van der Waals surface area contributed by atoms with Gasteiger partial charge >= 0.3 is 5.97 Å². The van der Waals surface area contributed by atoms with Crippen LogP contribution in [0.4, 0.5) is 4.39 Å². The summed E-state index contributed by atoms with van der Waals surface area (Å²) in [5, 5.41) is 9.42. The molecule has 1 aromatic carbocycles. The van der Waals surface area contributed by atoms with Gasteiger partial charge in [0.15, 0.2) is 0 Å². The van der Waals surface area contributed by atoms with E-state index in [1.807, 2.05) is 31.2 Å².